The molecule has 1 amide bonds. The summed E-state index contributed by atoms with van der Waals surface area (Å²) >= 11 is 0. The van der Waals surface area contributed by atoms with Gasteiger partial charge in [-0.2, -0.15) is 9.40 Å². The number of nitrogens with zero attached hydrogens (tertiary/aromatic N) is 3. The Morgan fingerprint density at radius 3 is 2.72 bits per heavy atom. The molecular formula is C10H16N4O3S. The third-order valence-electron chi connectivity index (χ3n) is 2.99. The van der Waals surface area contributed by atoms with Crippen molar-refractivity contribution in [2.24, 2.45) is 0 Å². The lowest BCUT2D eigenvalue weighted by Gasteiger charge is -2.20. The molecule has 1 aliphatic heterocycles. The zero-order valence-corrected chi connectivity index (χ0v) is 11.0. The first-order valence-electron chi connectivity index (χ1n) is 5.77. The van der Waals surface area contributed by atoms with Gasteiger partial charge in [0.15, 0.2) is 5.03 Å². The average molecular weight is 272 g/mol. The second-order valence-electron chi connectivity index (χ2n) is 4.18. The van der Waals surface area contributed by atoms with Gasteiger partial charge in [-0.3, -0.25) is 9.89 Å². The van der Waals surface area contributed by atoms with Crippen molar-refractivity contribution in [2.45, 2.75) is 18.4 Å². The Kier molecular flexibility index (Phi) is 3.67. The zero-order chi connectivity index (χ0) is 13.2. The van der Waals surface area contributed by atoms with Crippen LogP contribution in [0.25, 0.3) is 0 Å². The average Bonchev–Trinajstić information content (AvgIpc) is 2.73. The maximum atomic E-state index is 12.2. The number of aromatic nitrogens is 2. The molecule has 0 unspecified atom stereocenters. The Balaban J connectivity index is 2.13. The first-order chi connectivity index (χ1) is 8.51. The van der Waals surface area contributed by atoms with Crippen LogP contribution < -0.4 is 0 Å². The predicted octanol–water partition coefficient (Wildman–Crippen LogP) is -0.347. The highest BCUT2D eigenvalue weighted by atomic mass is 32.2. The van der Waals surface area contributed by atoms with Gasteiger partial charge in [0.05, 0.1) is 6.20 Å². The Morgan fingerprint density at radius 1 is 1.33 bits per heavy atom. The number of H-pyrrole nitrogens is 1. The van der Waals surface area contributed by atoms with Gasteiger partial charge in [0, 0.05) is 33.1 Å². The number of carbonyl (C=O) groups excluding carboxylic acids is 1. The number of carbonyl (C=O) groups is 1. The molecule has 1 aromatic heterocycles. The molecule has 2 rings (SSSR count). The Morgan fingerprint density at radius 2 is 2.11 bits per heavy atom. The van der Waals surface area contributed by atoms with Gasteiger partial charge in [-0.05, 0) is 12.5 Å². The van der Waals surface area contributed by atoms with E-state index in [9.17, 15) is 13.2 Å². The van der Waals surface area contributed by atoms with Crippen molar-refractivity contribution < 1.29 is 13.2 Å². The maximum Gasteiger partial charge on any atom is 0.260 e. The second-order valence-corrected chi connectivity index (χ2v) is 6.09. The molecule has 1 N–H and O–H groups in total. The number of hydrogen-bond donors (Lipinski definition) is 1. The number of sulfonamides is 1. The fourth-order valence-corrected chi connectivity index (χ4v) is 3.35. The van der Waals surface area contributed by atoms with E-state index in [0.29, 0.717) is 32.6 Å². The van der Waals surface area contributed by atoms with Gasteiger partial charge >= 0.3 is 0 Å². The van der Waals surface area contributed by atoms with E-state index in [4.69, 9.17) is 0 Å². The first kappa shape index (κ1) is 13.0. The van der Waals surface area contributed by atoms with E-state index in [1.54, 1.807) is 4.90 Å². The first-order valence-corrected chi connectivity index (χ1v) is 7.21. The number of rotatable bonds is 2. The van der Waals surface area contributed by atoms with Crippen LogP contribution in [0.15, 0.2) is 17.3 Å². The van der Waals surface area contributed by atoms with E-state index in [0.717, 1.165) is 0 Å². The van der Waals surface area contributed by atoms with E-state index in [1.807, 2.05) is 0 Å². The van der Waals surface area contributed by atoms with Crippen LogP contribution in [-0.4, -0.2) is 59.9 Å². The largest absolute Gasteiger partial charge is 0.342 e. The highest BCUT2D eigenvalue weighted by Gasteiger charge is 2.28. The number of nitrogens with one attached hydrogen (secondary N) is 1. The lowest BCUT2D eigenvalue weighted by molar-refractivity contribution is -0.128. The zero-order valence-electron chi connectivity index (χ0n) is 10.2. The number of hydrogen-bond acceptors (Lipinski definition) is 4. The molecule has 0 radical (unpaired) electrons. The minimum atomic E-state index is -3.51. The van der Waals surface area contributed by atoms with Gasteiger partial charge in [0.25, 0.3) is 10.0 Å². The monoisotopic (exact) mass is 272 g/mol. The standard InChI is InChI=1S/C10H16N4O3S/c1-9(15)13-5-2-6-14(8-7-13)18(16,17)10-3-4-11-12-10/h3-4H,2,5-8H2,1H3,(H,11,12). The number of amides is 1. The van der Waals surface area contributed by atoms with Crippen LogP contribution in [0.5, 0.6) is 0 Å². The minimum absolute atomic E-state index is 0.0178. The van der Waals surface area contributed by atoms with Crippen LogP contribution in [0.2, 0.25) is 0 Å². The molecule has 18 heavy (non-hydrogen) atoms. The third-order valence-corrected chi connectivity index (χ3v) is 4.82. The van der Waals surface area contributed by atoms with Crippen molar-refractivity contribution in [1.82, 2.24) is 19.4 Å². The van der Waals surface area contributed by atoms with Crippen LogP contribution in [0.4, 0.5) is 0 Å². The van der Waals surface area contributed by atoms with E-state index < -0.39 is 10.0 Å². The predicted molar refractivity (Wildman–Crippen MR) is 64.2 cm³/mol. The smallest absolute Gasteiger partial charge is 0.260 e. The fourth-order valence-electron chi connectivity index (χ4n) is 1.97. The Hall–Kier alpha value is -1.41. The summed E-state index contributed by atoms with van der Waals surface area (Å²) in [5, 5.41) is 6.22. The summed E-state index contributed by atoms with van der Waals surface area (Å²) in [5.74, 6) is -0.0178. The Labute approximate surface area is 106 Å². The lowest BCUT2D eigenvalue weighted by atomic mass is 10.4. The molecule has 1 fully saturated rings. The molecule has 100 valence electrons. The summed E-state index contributed by atoms with van der Waals surface area (Å²) in [6.45, 7) is 3.28. The van der Waals surface area contributed by atoms with Crippen molar-refractivity contribution in [3.8, 4) is 0 Å². The van der Waals surface area contributed by atoms with E-state index in [-0.39, 0.29) is 10.9 Å². The van der Waals surface area contributed by atoms with E-state index in [1.165, 1.54) is 23.5 Å². The topological polar surface area (TPSA) is 86.4 Å². The van der Waals surface area contributed by atoms with Crippen LogP contribution >= 0.6 is 0 Å². The van der Waals surface area contributed by atoms with E-state index in [2.05, 4.69) is 10.2 Å². The molecule has 0 atom stereocenters. The van der Waals surface area contributed by atoms with E-state index >= 15 is 0 Å². The van der Waals surface area contributed by atoms with Gasteiger partial charge in [-0.1, -0.05) is 0 Å². The Bertz CT molecular complexity index is 511. The summed E-state index contributed by atoms with van der Waals surface area (Å²) in [7, 11) is -3.51. The molecule has 0 bridgehead atoms. The second kappa shape index (κ2) is 5.07. The van der Waals surface area contributed by atoms with Gasteiger partial charge < -0.3 is 4.90 Å². The normalized spacial score (nSPS) is 18.6. The van der Waals surface area contributed by atoms with Crippen LogP contribution in [0.1, 0.15) is 13.3 Å². The molecule has 7 nitrogen and oxygen atoms in total. The molecule has 0 aromatic carbocycles. The van der Waals surface area contributed by atoms with Crippen LogP contribution in [0.3, 0.4) is 0 Å². The molecule has 0 aliphatic carbocycles. The highest BCUT2D eigenvalue weighted by molar-refractivity contribution is 7.89. The van der Waals surface area contributed by atoms with Crippen molar-refractivity contribution >= 4 is 15.9 Å². The summed E-state index contributed by atoms with van der Waals surface area (Å²) in [4.78, 5) is 12.9. The summed E-state index contributed by atoms with van der Waals surface area (Å²) in [6, 6.07) is 1.43. The van der Waals surface area contributed by atoms with Crippen LogP contribution in [-0.2, 0) is 14.8 Å². The molecule has 0 saturated carbocycles. The van der Waals surface area contributed by atoms with Crippen LogP contribution in [0, 0.1) is 0 Å². The van der Waals surface area contributed by atoms with Gasteiger partial charge in [-0.25, -0.2) is 8.42 Å². The third kappa shape index (κ3) is 2.54. The molecule has 1 saturated heterocycles. The summed E-state index contributed by atoms with van der Waals surface area (Å²) in [5.41, 5.74) is 0. The molecule has 1 aliphatic rings. The van der Waals surface area contributed by atoms with Gasteiger partial charge in [0.1, 0.15) is 0 Å². The van der Waals surface area contributed by atoms with Crippen molar-refractivity contribution in [3.05, 3.63) is 12.3 Å². The van der Waals surface area contributed by atoms with Crippen molar-refractivity contribution in [1.29, 1.82) is 0 Å². The quantitative estimate of drug-likeness (QED) is 0.797. The number of aromatic amines is 1. The molecule has 2 heterocycles. The maximum absolute atomic E-state index is 12.2. The SMILES string of the molecule is CC(=O)N1CCCN(S(=O)(=O)c2ccn[nH]2)CC1. The highest BCUT2D eigenvalue weighted by Crippen LogP contribution is 2.15. The van der Waals surface area contributed by atoms with Crippen molar-refractivity contribution in [3.63, 3.8) is 0 Å². The molecular weight excluding hydrogens is 256 g/mol. The molecule has 1 aromatic rings. The lowest BCUT2D eigenvalue weighted by Crippen LogP contribution is -2.36. The summed E-state index contributed by atoms with van der Waals surface area (Å²) in [6.07, 6.45) is 2.06. The van der Waals surface area contributed by atoms with Gasteiger partial charge in [-0.15, -0.1) is 0 Å². The summed E-state index contributed by atoms with van der Waals surface area (Å²) < 4.78 is 25.9. The minimum Gasteiger partial charge on any atom is -0.342 e. The fraction of sp³-hybridized carbons (Fsp3) is 0.600. The van der Waals surface area contributed by atoms with Gasteiger partial charge in [0.2, 0.25) is 5.91 Å². The molecule has 8 heteroatoms. The molecule has 0 spiro atoms. The van der Waals surface area contributed by atoms with Crippen molar-refractivity contribution in [2.75, 3.05) is 26.2 Å².